The zero-order valence-electron chi connectivity index (χ0n) is 12.3. The summed E-state index contributed by atoms with van der Waals surface area (Å²) in [5.74, 6) is 0.656. The van der Waals surface area contributed by atoms with Crippen molar-refractivity contribution in [2.45, 2.75) is 32.9 Å². The third-order valence-electron chi connectivity index (χ3n) is 4.34. The summed E-state index contributed by atoms with van der Waals surface area (Å²) in [6, 6.07) is 8.54. The van der Waals surface area contributed by atoms with Gasteiger partial charge in [0, 0.05) is 25.0 Å². The van der Waals surface area contributed by atoms with E-state index in [1.165, 1.54) is 36.0 Å². The maximum Gasteiger partial charge on any atom is 0.0843 e. The highest BCUT2D eigenvalue weighted by molar-refractivity contribution is 5.81. The van der Waals surface area contributed by atoms with Crippen molar-refractivity contribution in [3.63, 3.8) is 0 Å². The van der Waals surface area contributed by atoms with Crippen LogP contribution in [0.4, 0.5) is 0 Å². The van der Waals surface area contributed by atoms with Gasteiger partial charge in [-0.15, -0.1) is 0 Å². The van der Waals surface area contributed by atoms with Gasteiger partial charge in [-0.25, -0.2) is 0 Å². The van der Waals surface area contributed by atoms with Crippen LogP contribution < -0.4 is 5.73 Å². The van der Waals surface area contributed by atoms with E-state index in [4.69, 9.17) is 10.8 Å². The van der Waals surface area contributed by atoms with Crippen molar-refractivity contribution in [3.05, 3.63) is 30.0 Å². The molecule has 2 N–H and O–H groups in total. The van der Waals surface area contributed by atoms with Crippen molar-refractivity contribution in [2.24, 2.45) is 11.7 Å². The molecule has 2 aromatic rings. The number of fused-ring (bicyclic) bond motifs is 1. The first kappa shape index (κ1) is 13.6. The van der Waals surface area contributed by atoms with Crippen molar-refractivity contribution >= 4 is 10.9 Å². The van der Waals surface area contributed by atoms with Crippen LogP contribution in [0.5, 0.6) is 0 Å². The van der Waals surface area contributed by atoms with Gasteiger partial charge in [-0.1, -0.05) is 18.2 Å². The molecule has 1 aliphatic heterocycles. The van der Waals surface area contributed by atoms with Crippen LogP contribution in [0.3, 0.4) is 0 Å². The Kier molecular flexibility index (Phi) is 4.03. The Morgan fingerprint density at radius 2 is 2.20 bits per heavy atom. The molecule has 1 aliphatic rings. The van der Waals surface area contributed by atoms with Crippen molar-refractivity contribution in [1.29, 1.82) is 0 Å². The van der Waals surface area contributed by atoms with E-state index in [9.17, 15) is 0 Å². The third-order valence-corrected chi connectivity index (χ3v) is 4.34. The van der Waals surface area contributed by atoms with Crippen LogP contribution in [0.15, 0.2) is 24.3 Å². The normalized spacial score (nSPS) is 20.6. The largest absolute Gasteiger partial charge is 0.330 e. The fourth-order valence-corrected chi connectivity index (χ4v) is 3.25. The second-order valence-corrected chi connectivity index (χ2v) is 5.76. The number of benzene rings is 1. The molecule has 1 aromatic heterocycles. The number of para-hydroxylation sites is 1. The van der Waals surface area contributed by atoms with Crippen LogP contribution in [-0.2, 0) is 13.1 Å². The number of aryl methyl sites for hydroxylation is 1. The molecule has 0 aliphatic carbocycles. The molecule has 0 saturated carbocycles. The van der Waals surface area contributed by atoms with Gasteiger partial charge in [0.15, 0.2) is 0 Å². The fraction of sp³-hybridized carbons (Fsp3) is 0.562. The van der Waals surface area contributed by atoms with Gasteiger partial charge in [0.2, 0.25) is 0 Å². The molecule has 1 aromatic carbocycles. The lowest BCUT2D eigenvalue weighted by atomic mass is 9.98. The molecule has 1 fully saturated rings. The minimum absolute atomic E-state index is 0.656. The summed E-state index contributed by atoms with van der Waals surface area (Å²) in [7, 11) is 0. The predicted molar refractivity (Wildman–Crippen MR) is 82.5 cm³/mol. The number of hydrogen-bond donors (Lipinski definition) is 1. The number of rotatable bonds is 4. The van der Waals surface area contributed by atoms with Crippen LogP contribution in [0.25, 0.3) is 10.9 Å². The molecule has 0 radical (unpaired) electrons. The van der Waals surface area contributed by atoms with Gasteiger partial charge < -0.3 is 5.73 Å². The van der Waals surface area contributed by atoms with Gasteiger partial charge in [-0.05, 0) is 44.8 Å². The molecule has 2 heterocycles. The van der Waals surface area contributed by atoms with Gasteiger partial charge >= 0.3 is 0 Å². The summed E-state index contributed by atoms with van der Waals surface area (Å²) >= 11 is 0. The van der Waals surface area contributed by atoms with E-state index in [-0.39, 0.29) is 0 Å². The van der Waals surface area contributed by atoms with Gasteiger partial charge in [-0.3, -0.25) is 9.58 Å². The Balaban J connectivity index is 1.83. The molecule has 0 bridgehead atoms. The number of nitrogens with two attached hydrogens (primary N) is 1. The number of aromatic nitrogens is 2. The van der Waals surface area contributed by atoms with Gasteiger partial charge in [0.1, 0.15) is 0 Å². The highest BCUT2D eigenvalue weighted by atomic mass is 15.3. The van der Waals surface area contributed by atoms with E-state index in [0.717, 1.165) is 26.2 Å². The third kappa shape index (κ3) is 2.58. The van der Waals surface area contributed by atoms with E-state index >= 15 is 0 Å². The number of nitrogens with zero attached hydrogens (tertiary/aromatic N) is 3. The van der Waals surface area contributed by atoms with Crippen LogP contribution in [0.2, 0.25) is 0 Å². The van der Waals surface area contributed by atoms with Gasteiger partial charge in [-0.2, -0.15) is 5.10 Å². The van der Waals surface area contributed by atoms with E-state index in [1.54, 1.807) is 0 Å². The minimum Gasteiger partial charge on any atom is -0.330 e. The summed E-state index contributed by atoms with van der Waals surface area (Å²) in [6.45, 7) is 7.11. The monoisotopic (exact) mass is 272 g/mol. The highest BCUT2D eigenvalue weighted by Gasteiger charge is 2.20. The van der Waals surface area contributed by atoms with E-state index in [1.807, 2.05) is 0 Å². The van der Waals surface area contributed by atoms with Crippen LogP contribution in [0.1, 0.15) is 25.5 Å². The molecule has 0 amide bonds. The Hall–Kier alpha value is -1.39. The lowest BCUT2D eigenvalue weighted by Gasteiger charge is -2.31. The summed E-state index contributed by atoms with van der Waals surface area (Å²) in [6.07, 6.45) is 2.53. The Labute approximate surface area is 120 Å². The molecule has 4 nitrogen and oxygen atoms in total. The fourth-order valence-electron chi connectivity index (χ4n) is 3.25. The Morgan fingerprint density at radius 1 is 1.35 bits per heavy atom. The quantitative estimate of drug-likeness (QED) is 0.928. The summed E-state index contributed by atoms with van der Waals surface area (Å²) in [4.78, 5) is 2.51. The topological polar surface area (TPSA) is 47.1 Å². The van der Waals surface area contributed by atoms with Crippen LogP contribution in [0, 0.1) is 5.92 Å². The van der Waals surface area contributed by atoms with Crippen molar-refractivity contribution < 1.29 is 0 Å². The summed E-state index contributed by atoms with van der Waals surface area (Å²) < 4.78 is 2.11. The standard InChI is InChI=1S/C16H24N4/c1-2-20-16-8-4-3-7-14(16)15(18-20)12-19-9-5-6-13(10-17)11-19/h3-4,7-8,13H,2,5-6,9-12,17H2,1H3. The van der Waals surface area contributed by atoms with E-state index < -0.39 is 0 Å². The molecule has 1 atom stereocenters. The molecular weight excluding hydrogens is 248 g/mol. The number of likely N-dealkylation sites (tertiary alicyclic amines) is 1. The molecule has 108 valence electrons. The smallest absolute Gasteiger partial charge is 0.0843 e. The van der Waals surface area contributed by atoms with E-state index in [0.29, 0.717) is 5.92 Å². The van der Waals surface area contributed by atoms with Crippen molar-refractivity contribution in [1.82, 2.24) is 14.7 Å². The maximum absolute atomic E-state index is 5.83. The molecular formula is C16H24N4. The lowest BCUT2D eigenvalue weighted by Crippen LogP contribution is -2.38. The number of piperidine rings is 1. The summed E-state index contributed by atoms with van der Waals surface area (Å²) in [5, 5.41) is 6.09. The predicted octanol–water partition coefficient (Wildman–Crippen LogP) is 2.23. The molecule has 20 heavy (non-hydrogen) atoms. The second kappa shape index (κ2) is 5.94. The van der Waals surface area contributed by atoms with Gasteiger partial charge in [0.05, 0.1) is 11.2 Å². The minimum atomic E-state index is 0.656. The number of hydrogen-bond acceptors (Lipinski definition) is 3. The maximum atomic E-state index is 5.83. The second-order valence-electron chi connectivity index (χ2n) is 5.76. The molecule has 4 heteroatoms. The lowest BCUT2D eigenvalue weighted by molar-refractivity contribution is 0.169. The zero-order chi connectivity index (χ0) is 13.9. The average Bonchev–Trinajstić information content (AvgIpc) is 2.86. The van der Waals surface area contributed by atoms with Crippen LogP contribution in [-0.4, -0.2) is 34.3 Å². The van der Waals surface area contributed by atoms with Crippen molar-refractivity contribution in [2.75, 3.05) is 19.6 Å². The van der Waals surface area contributed by atoms with Gasteiger partial charge in [0.25, 0.3) is 0 Å². The first-order chi connectivity index (χ1) is 9.81. The first-order valence-electron chi connectivity index (χ1n) is 7.68. The Bertz CT molecular complexity index is 575. The summed E-state index contributed by atoms with van der Waals surface area (Å²) in [5.41, 5.74) is 8.28. The average molecular weight is 272 g/mol. The molecule has 0 spiro atoms. The first-order valence-corrected chi connectivity index (χ1v) is 7.68. The van der Waals surface area contributed by atoms with Crippen molar-refractivity contribution in [3.8, 4) is 0 Å². The zero-order valence-corrected chi connectivity index (χ0v) is 12.3. The Morgan fingerprint density at radius 3 is 3.00 bits per heavy atom. The molecule has 1 unspecified atom stereocenters. The van der Waals surface area contributed by atoms with Crippen LogP contribution >= 0.6 is 0 Å². The molecule has 1 saturated heterocycles. The SMILES string of the molecule is CCn1nc(CN2CCCC(CN)C2)c2ccccc21. The highest BCUT2D eigenvalue weighted by Crippen LogP contribution is 2.22. The van der Waals surface area contributed by atoms with E-state index in [2.05, 4.69) is 40.8 Å². The molecule has 3 rings (SSSR count).